The maximum absolute atomic E-state index is 10.1. The third kappa shape index (κ3) is 1.63. The van der Waals surface area contributed by atoms with Crippen molar-refractivity contribution in [2.45, 2.75) is 55.7 Å². The summed E-state index contributed by atoms with van der Waals surface area (Å²) in [7, 11) is 2.22. The molecule has 3 aliphatic rings. The summed E-state index contributed by atoms with van der Waals surface area (Å²) in [6.07, 6.45) is 4.00. The zero-order valence-corrected chi connectivity index (χ0v) is 13.5. The normalized spacial score (nSPS) is 40.9. The number of rotatable bonds is 1. The summed E-state index contributed by atoms with van der Waals surface area (Å²) in [5.74, 6) is 0.356. The minimum atomic E-state index is -0.170. The summed E-state index contributed by atoms with van der Waals surface area (Å²) in [4.78, 5) is 2.47. The van der Waals surface area contributed by atoms with Crippen LogP contribution in [0.4, 0.5) is 0 Å². The van der Waals surface area contributed by atoms with Crippen LogP contribution in [-0.2, 0) is 16.6 Å². The van der Waals surface area contributed by atoms with E-state index in [1.165, 1.54) is 11.1 Å². The largest absolute Gasteiger partial charge is 0.508 e. The van der Waals surface area contributed by atoms with Crippen molar-refractivity contribution in [2.75, 3.05) is 20.2 Å². The van der Waals surface area contributed by atoms with Crippen LogP contribution in [0.25, 0.3) is 0 Å². The molecule has 1 aliphatic carbocycles. The number of nitrogens with zero attached hydrogens (tertiary/aromatic N) is 1. The number of hydrogen-bond acceptors (Lipinski definition) is 4. The first-order chi connectivity index (χ1) is 10.5. The van der Waals surface area contributed by atoms with Gasteiger partial charge in [0, 0.05) is 17.5 Å². The number of benzene rings is 1. The van der Waals surface area contributed by atoms with E-state index < -0.39 is 0 Å². The first kappa shape index (κ1) is 14.5. The second-order valence-corrected chi connectivity index (χ2v) is 7.39. The highest BCUT2D eigenvalue weighted by Gasteiger charge is 2.64. The van der Waals surface area contributed by atoms with Gasteiger partial charge in [0.2, 0.25) is 0 Å². The highest BCUT2D eigenvalue weighted by atomic mass is 16.5. The van der Waals surface area contributed by atoms with Crippen LogP contribution in [0.1, 0.15) is 37.3 Å². The molecule has 2 saturated heterocycles. The summed E-state index contributed by atoms with van der Waals surface area (Å²) in [5.41, 5.74) is 8.74. The van der Waals surface area contributed by atoms with Crippen LogP contribution in [-0.4, -0.2) is 47.9 Å². The molecule has 4 atom stereocenters. The predicted molar refractivity (Wildman–Crippen MR) is 86.1 cm³/mol. The lowest BCUT2D eigenvalue weighted by Crippen LogP contribution is -2.74. The number of nitrogens with two attached hydrogens (primary N) is 1. The number of fused-ring (bicyclic) bond motifs is 1. The second kappa shape index (κ2) is 4.70. The van der Waals surface area contributed by atoms with Gasteiger partial charge in [0.05, 0.1) is 12.2 Å². The van der Waals surface area contributed by atoms with Crippen LogP contribution in [0.3, 0.4) is 0 Å². The molecular weight excluding hydrogens is 276 g/mol. The van der Waals surface area contributed by atoms with Crippen LogP contribution in [0.15, 0.2) is 18.2 Å². The van der Waals surface area contributed by atoms with Gasteiger partial charge in [0.15, 0.2) is 0 Å². The average Bonchev–Trinajstić information content (AvgIpc) is 2.51. The molecule has 3 N–H and O–H groups in total. The average molecular weight is 302 g/mol. The van der Waals surface area contributed by atoms with Crippen molar-refractivity contribution in [1.29, 1.82) is 0 Å². The van der Waals surface area contributed by atoms with Crippen LogP contribution >= 0.6 is 0 Å². The van der Waals surface area contributed by atoms with E-state index in [9.17, 15) is 5.11 Å². The van der Waals surface area contributed by atoms with Crippen molar-refractivity contribution in [3.05, 3.63) is 29.3 Å². The third-order valence-electron chi connectivity index (χ3n) is 6.48. The van der Waals surface area contributed by atoms with Crippen molar-refractivity contribution >= 4 is 0 Å². The number of phenols is 1. The molecule has 1 unspecified atom stereocenters. The van der Waals surface area contributed by atoms with E-state index in [-0.39, 0.29) is 17.1 Å². The molecule has 22 heavy (non-hydrogen) atoms. The number of hydrogen-bond donors (Lipinski definition) is 2. The third-order valence-corrected chi connectivity index (χ3v) is 6.48. The van der Waals surface area contributed by atoms with Crippen molar-refractivity contribution in [3.63, 3.8) is 0 Å². The Labute approximate surface area is 132 Å². The van der Waals surface area contributed by atoms with Crippen LogP contribution in [0.5, 0.6) is 5.75 Å². The number of likely N-dealkylation sites (N-methyl/N-ethyl adjacent to an activating group) is 1. The van der Waals surface area contributed by atoms with Crippen LogP contribution in [0.2, 0.25) is 0 Å². The molecule has 0 radical (unpaired) electrons. The molecule has 2 bridgehead atoms. The lowest BCUT2D eigenvalue weighted by atomic mass is 9.51. The predicted octanol–water partition coefficient (Wildman–Crippen LogP) is 1.79. The van der Waals surface area contributed by atoms with Gasteiger partial charge in [-0.05, 0) is 62.5 Å². The molecule has 2 fully saturated rings. The molecule has 2 heterocycles. The van der Waals surface area contributed by atoms with Gasteiger partial charge in [-0.3, -0.25) is 0 Å². The SMILES string of the molecule is CC[C@@]12OCC(N)C[C@]13CCN(C)[C@H]2Cc1ccc(O)cc13. The van der Waals surface area contributed by atoms with Crippen LogP contribution in [0, 0.1) is 0 Å². The molecule has 0 amide bonds. The number of piperidine rings is 1. The standard InChI is InChI=1S/C18H26N2O2/c1-3-18-16-8-12-4-5-14(21)9-15(12)17(18,6-7-20(16)2)10-13(19)11-22-18/h4-5,9,13,16,21H,3,6-8,10-11,19H2,1-2H3/t13?,16-,17-,18-/m0/s1. The van der Waals surface area contributed by atoms with E-state index in [0.717, 1.165) is 32.2 Å². The molecular formula is C18H26N2O2. The second-order valence-electron chi connectivity index (χ2n) is 7.39. The molecule has 2 aliphatic heterocycles. The molecule has 4 heteroatoms. The summed E-state index contributed by atoms with van der Waals surface area (Å²) in [6.45, 7) is 3.96. The summed E-state index contributed by atoms with van der Waals surface area (Å²) in [6, 6.07) is 6.36. The quantitative estimate of drug-likeness (QED) is 0.830. The lowest BCUT2D eigenvalue weighted by Gasteiger charge is -2.65. The Morgan fingerprint density at radius 2 is 2.27 bits per heavy atom. The van der Waals surface area contributed by atoms with Gasteiger partial charge < -0.3 is 20.5 Å². The fourth-order valence-corrected chi connectivity index (χ4v) is 5.55. The van der Waals surface area contributed by atoms with Crippen molar-refractivity contribution < 1.29 is 9.84 Å². The Hall–Kier alpha value is -1.10. The molecule has 120 valence electrons. The maximum Gasteiger partial charge on any atom is 0.115 e. The number of phenolic OH excluding ortho intramolecular Hbond substituents is 1. The smallest absolute Gasteiger partial charge is 0.115 e. The number of likely N-dealkylation sites (tertiary alicyclic amines) is 1. The zero-order chi connectivity index (χ0) is 15.5. The molecule has 4 rings (SSSR count). The molecule has 0 saturated carbocycles. The lowest BCUT2D eigenvalue weighted by molar-refractivity contribution is -0.209. The fourth-order valence-electron chi connectivity index (χ4n) is 5.55. The van der Waals surface area contributed by atoms with E-state index in [2.05, 4.69) is 24.9 Å². The minimum absolute atomic E-state index is 0.0527. The Morgan fingerprint density at radius 3 is 3.05 bits per heavy atom. The van der Waals surface area contributed by atoms with Crippen molar-refractivity contribution in [3.8, 4) is 5.75 Å². The van der Waals surface area contributed by atoms with E-state index in [4.69, 9.17) is 10.5 Å². The number of ether oxygens (including phenoxy) is 1. The topological polar surface area (TPSA) is 58.7 Å². The fraction of sp³-hybridized carbons (Fsp3) is 0.667. The first-order valence-corrected chi connectivity index (χ1v) is 8.44. The van der Waals surface area contributed by atoms with Crippen molar-refractivity contribution in [1.82, 2.24) is 4.90 Å². The van der Waals surface area contributed by atoms with E-state index in [1.54, 1.807) is 0 Å². The van der Waals surface area contributed by atoms with Gasteiger partial charge >= 0.3 is 0 Å². The molecule has 4 nitrogen and oxygen atoms in total. The van der Waals surface area contributed by atoms with Gasteiger partial charge in [-0.25, -0.2) is 0 Å². The van der Waals surface area contributed by atoms with Gasteiger partial charge in [0.25, 0.3) is 0 Å². The van der Waals surface area contributed by atoms with E-state index >= 15 is 0 Å². The highest BCUT2D eigenvalue weighted by molar-refractivity contribution is 5.48. The Kier molecular flexibility index (Phi) is 3.09. The minimum Gasteiger partial charge on any atom is -0.508 e. The zero-order valence-electron chi connectivity index (χ0n) is 13.5. The Balaban J connectivity index is 1.97. The van der Waals surface area contributed by atoms with Gasteiger partial charge in [0.1, 0.15) is 5.75 Å². The Bertz CT molecular complexity index is 605. The maximum atomic E-state index is 10.1. The monoisotopic (exact) mass is 302 g/mol. The van der Waals surface area contributed by atoms with E-state index in [0.29, 0.717) is 18.4 Å². The van der Waals surface area contributed by atoms with Gasteiger partial charge in [-0.15, -0.1) is 0 Å². The molecule has 1 aromatic carbocycles. The summed E-state index contributed by atoms with van der Waals surface area (Å²) < 4.78 is 6.51. The summed E-state index contributed by atoms with van der Waals surface area (Å²) in [5, 5.41) is 10.1. The molecule has 1 aromatic rings. The molecule has 0 spiro atoms. The first-order valence-electron chi connectivity index (χ1n) is 8.44. The molecule has 0 aromatic heterocycles. The number of aromatic hydroxyl groups is 1. The Morgan fingerprint density at radius 1 is 1.45 bits per heavy atom. The summed E-state index contributed by atoms with van der Waals surface area (Å²) >= 11 is 0. The van der Waals surface area contributed by atoms with Crippen LogP contribution < -0.4 is 5.73 Å². The highest BCUT2D eigenvalue weighted by Crippen LogP contribution is 2.58. The van der Waals surface area contributed by atoms with Crippen molar-refractivity contribution in [2.24, 2.45) is 5.73 Å². The van der Waals surface area contributed by atoms with Gasteiger partial charge in [-0.1, -0.05) is 13.0 Å². The van der Waals surface area contributed by atoms with E-state index in [1.807, 2.05) is 12.1 Å². The van der Waals surface area contributed by atoms with Gasteiger partial charge in [-0.2, -0.15) is 0 Å².